The molecule has 1 aliphatic heterocycles. The van der Waals surface area contributed by atoms with E-state index < -0.39 is 11.5 Å². The van der Waals surface area contributed by atoms with Crippen molar-refractivity contribution in [2.75, 3.05) is 18.5 Å². The summed E-state index contributed by atoms with van der Waals surface area (Å²) in [6.45, 7) is 6.31. The van der Waals surface area contributed by atoms with Gasteiger partial charge in [-0.05, 0) is 38.5 Å². The van der Waals surface area contributed by atoms with Crippen molar-refractivity contribution in [1.29, 1.82) is 0 Å². The molecule has 0 saturated carbocycles. The van der Waals surface area contributed by atoms with Gasteiger partial charge in [-0.3, -0.25) is 14.9 Å². The highest BCUT2D eigenvalue weighted by Gasteiger charge is 2.40. The van der Waals surface area contributed by atoms with Crippen LogP contribution in [0.3, 0.4) is 0 Å². The number of hydrogen-bond acceptors (Lipinski definition) is 4. The van der Waals surface area contributed by atoms with E-state index in [2.05, 4.69) is 5.32 Å². The van der Waals surface area contributed by atoms with Crippen molar-refractivity contribution in [3.63, 3.8) is 0 Å². The van der Waals surface area contributed by atoms with Crippen molar-refractivity contribution in [2.45, 2.75) is 27.3 Å². The first-order valence-corrected chi connectivity index (χ1v) is 7.38. The molecule has 0 radical (unpaired) electrons. The molecule has 1 N–H and O–H groups in total. The van der Waals surface area contributed by atoms with Crippen LogP contribution >= 0.6 is 11.6 Å². The second kappa shape index (κ2) is 6.54. The summed E-state index contributed by atoms with van der Waals surface area (Å²) in [5.41, 5.74) is 0.751. The van der Waals surface area contributed by atoms with Gasteiger partial charge in [-0.2, -0.15) is 0 Å². The molecule has 0 atom stereocenters. The largest absolute Gasteiger partial charge is 0.450 e. The van der Waals surface area contributed by atoms with Crippen LogP contribution in [0.2, 0.25) is 5.02 Å². The Morgan fingerprint density at radius 1 is 1.50 bits per heavy atom. The van der Waals surface area contributed by atoms with Gasteiger partial charge in [0.25, 0.3) is 5.91 Å². The molecule has 1 heterocycles. The highest BCUT2D eigenvalue weighted by molar-refractivity contribution is 6.31. The zero-order valence-corrected chi connectivity index (χ0v) is 13.6. The molecule has 120 valence electrons. The first-order valence-electron chi connectivity index (χ1n) is 7.00. The maximum atomic E-state index is 12.1. The second-order valence-corrected chi connectivity index (χ2v) is 6.06. The molecule has 7 heteroatoms. The van der Waals surface area contributed by atoms with Crippen LogP contribution in [-0.2, 0) is 20.9 Å². The minimum atomic E-state index is -0.536. The molecule has 6 nitrogen and oxygen atoms in total. The summed E-state index contributed by atoms with van der Waals surface area (Å²) in [6, 6.07) is 5.05. The van der Waals surface area contributed by atoms with Crippen LogP contribution in [0.25, 0.3) is 0 Å². The van der Waals surface area contributed by atoms with E-state index in [1.54, 1.807) is 25.1 Å². The monoisotopic (exact) mass is 326 g/mol. The van der Waals surface area contributed by atoms with Crippen molar-refractivity contribution in [2.24, 2.45) is 5.41 Å². The van der Waals surface area contributed by atoms with E-state index in [9.17, 15) is 9.59 Å². The fraction of sp³-hybridized carbons (Fsp3) is 0.467. The van der Waals surface area contributed by atoms with Gasteiger partial charge in [0.05, 0.1) is 25.2 Å². The third-order valence-electron chi connectivity index (χ3n) is 3.28. The average molecular weight is 327 g/mol. The molecule has 1 aliphatic rings. The van der Waals surface area contributed by atoms with Crippen molar-refractivity contribution in [3.05, 3.63) is 28.8 Å². The van der Waals surface area contributed by atoms with Crippen LogP contribution in [0.5, 0.6) is 0 Å². The maximum absolute atomic E-state index is 12.1. The molecule has 1 aromatic carbocycles. The van der Waals surface area contributed by atoms with Crippen LogP contribution in [0.4, 0.5) is 10.5 Å². The first kappa shape index (κ1) is 16.6. The number of rotatable bonds is 4. The highest BCUT2D eigenvalue weighted by Crippen LogP contribution is 2.30. The third-order valence-corrected chi connectivity index (χ3v) is 3.63. The SMILES string of the molecule is CCOC(=O)Nc1ccc(CN2OCC(C)(C)C2=O)c(Cl)c1. The van der Waals surface area contributed by atoms with Crippen molar-refractivity contribution in [3.8, 4) is 0 Å². The fourth-order valence-corrected chi connectivity index (χ4v) is 2.25. The van der Waals surface area contributed by atoms with E-state index in [0.717, 1.165) is 5.56 Å². The first-order chi connectivity index (χ1) is 10.3. The van der Waals surface area contributed by atoms with Crippen LogP contribution in [0.15, 0.2) is 18.2 Å². The summed E-state index contributed by atoms with van der Waals surface area (Å²) in [6.07, 6.45) is -0.536. The number of carbonyl (C=O) groups excluding carboxylic acids is 2. The van der Waals surface area contributed by atoms with E-state index in [1.807, 2.05) is 13.8 Å². The number of halogens is 1. The van der Waals surface area contributed by atoms with Gasteiger partial charge in [-0.1, -0.05) is 17.7 Å². The van der Waals surface area contributed by atoms with Gasteiger partial charge in [0.1, 0.15) is 0 Å². The summed E-state index contributed by atoms with van der Waals surface area (Å²) >= 11 is 6.20. The summed E-state index contributed by atoms with van der Waals surface area (Å²) in [4.78, 5) is 28.9. The lowest BCUT2D eigenvalue weighted by Gasteiger charge is -2.17. The molecule has 0 aliphatic carbocycles. The molecule has 0 spiro atoms. The summed E-state index contributed by atoms with van der Waals surface area (Å²) in [5, 5.41) is 4.33. The van der Waals surface area contributed by atoms with Gasteiger partial charge < -0.3 is 4.74 Å². The lowest BCUT2D eigenvalue weighted by atomic mass is 9.95. The molecule has 0 bridgehead atoms. The number of anilines is 1. The Balaban J connectivity index is 2.04. The topological polar surface area (TPSA) is 67.9 Å². The van der Waals surface area contributed by atoms with Gasteiger partial charge in [0.15, 0.2) is 0 Å². The Labute approximate surface area is 134 Å². The summed E-state index contributed by atoms with van der Waals surface area (Å²) < 4.78 is 4.79. The normalized spacial score (nSPS) is 16.7. The van der Waals surface area contributed by atoms with E-state index >= 15 is 0 Å². The van der Waals surface area contributed by atoms with E-state index in [4.69, 9.17) is 21.2 Å². The molecule has 2 amide bonds. The van der Waals surface area contributed by atoms with Crippen molar-refractivity contribution >= 4 is 29.3 Å². The minimum absolute atomic E-state index is 0.0720. The summed E-state index contributed by atoms with van der Waals surface area (Å²) in [7, 11) is 0. The standard InChI is InChI=1S/C15H19ClN2O4/c1-4-21-14(20)17-11-6-5-10(12(16)7-11)8-18-13(19)15(2,3)9-22-18/h5-7H,4,8-9H2,1-3H3,(H,17,20). The number of ether oxygens (including phenoxy) is 1. The number of carbonyl (C=O) groups is 2. The number of nitrogens with zero attached hydrogens (tertiary/aromatic N) is 1. The number of amides is 2. The zero-order valence-electron chi connectivity index (χ0n) is 12.8. The van der Waals surface area contributed by atoms with E-state index in [-0.39, 0.29) is 12.5 Å². The molecule has 2 rings (SSSR count). The second-order valence-electron chi connectivity index (χ2n) is 5.65. The molecule has 1 aromatic rings. The predicted molar refractivity (Wildman–Crippen MR) is 82.4 cm³/mol. The van der Waals surface area contributed by atoms with Gasteiger partial charge >= 0.3 is 6.09 Å². The highest BCUT2D eigenvalue weighted by atomic mass is 35.5. The molecule has 1 fully saturated rings. The van der Waals surface area contributed by atoms with Gasteiger partial charge in [0.2, 0.25) is 0 Å². The summed E-state index contributed by atoms with van der Waals surface area (Å²) in [5.74, 6) is -0.0720. The predicted octanol–water partition coefficient (Wildman–Crippen LogP) is 3.21. The van der Waals surface area contributed by atoms with Crippen molar-refractivity contribution in [1.82, 2.24) is 5.06 Å². The molecule has 0 aromatic heterocycles. The van der Waals surface area contributed by atoms with Gasteiger partial charge in [-0.25, -0.2) is 9.86 Å². The van der Waals surface area contributed by atoms with E-state index in [1.165, 1.54) is 5.06 Å². The lowest BCUT2D eigenvalue weighted by Crippen LogP contribution is -2.30. The van der Waals surface area contributed by atoms with E-state index in [0.29, 0.717) is 23.9 Å². The smallest absolute Gasteiger partial charge is 0.411 e. The Morgan fingerprint density at radius 2 is 2.23 bits per heavy atom. The molecular weight excluding hydrogens is 308 g/mol. The number of hydroxylamine groups is 2. The zero-order chi connectivity index (χ0) is 16.3. The molecule has 1 saturated heterocycles. The molecule has 0 unspecified atom stereocenters. The Bertz CT molecular complexity index is 589. The molecular formula is C15H19ClN2O4. The minimum Gasteiger partial charge on any atom is -0.450 e. The van der Waals surface area contributed by atoms with Crippen LogP contribution in [-0.4, -0.2) is 30.3 Å². The quantitative estimate of drug-likeness (QED) is 0.922. The van der Waals surface area contributed by atoms with Gasteiger partial charge in [0, 0.05) is 10.7 Å². The Hall–Kier alpha value is -1.79. The third kappa shape index (κ3) is 3.69. The Morgan fingerprint density at radius 3 is 2.77 bits per heavy atom. The maximum Gasteiger partial charge on any atom is 0.411 e. The Kier molecular flexibility index (Phi) is 4.93. The van der Waals surface area contributed by atoms with Crippen LogP contribution in [0.1, 0.15) is 26.3 Å². The molecule has 22 heavy (non-hydrogen) atoms. The lowest BCUT2D eigenvalue weighted by molar-refractivity contribution is -0.165. The van der Waals surface area contributed by atoms with Crippen molar-refractivity contribution < 1.29 is 19.2 Å². The van der Waals surface area contributed by atoms with Crippen LogP contribution in [0, 0.1) is 5.41 Å². The van der Waals surface area contributed by atoms with Gasteiger partial charge in [-0.15, -0.1) is 0 Å². The number of nitrogens with one attached hydrogen (secondary N) is 1. The fourth-order valence-electron chi connectivity index (χ4n) is 2.01. The van der Waals surface area contributed by atoms with Crippen LogP contribution < -0.4 is 5.32 Å². The number of benzene rings is 1. The average Bonchev–Trinajstić information content (AvgIpc) is 2.69. The number of hydrogen-bond donors (Lipinski definition) is 1.